The van der Waals surface area contributed by atoms with Crippen molar-refractivity contribution in [3.8, 4) is 0 Å². The summed E-state index contributed by atoms with van der Waals surface area (Å²) < 4.78 is 13.0. The number of piperazine rings is 1. The lowest BCUT2D eigenvalue weighted by atomic mass is 10.1. The molecule has 0 bridgehead atoms. The number of aliphatic carboxylic acids is 1. The maximum Gasteiger partial charge on any atom is 0.307 e. The number of halogens is 1. The first-order valence-corrected chi connectivity index (χ1v) is 8.72. The predicted molar refractivity (Wildman–Crippen MR) is 92.0 cm³/mol. The molecule has 0 aliphatic carbocycles. The van der Waals surface area contributed by atoms with Crippen molar-refractivity contribution in [1.82, 2.24) is 9.80 Å². The molecule has 0 aromatic heterocycles. The molecule has 0 saturated carbocycles. The SMILES string of the molecule is CC(C(=O)N1CCN(c2ccc(F)cc2)CC1)N1CCC(C(=O)O)C1. The Balaban J connectivity index is 1.53. The number of anilines is 1. The molecule has 136 valence electrons. The minimum Gasteiger partial charge on any atom is -0.481 e. The second kappa shape index (κ2) is 7.39. The molecule has 2 heterocycles. The summed E-state index contributed by atoms with van der Waals surface area (Å²) in [5.74, 6) is -1.35. The predicted octanol–water partition coefficient (Wildman–Crippen LogP) is 1.27. The molecule has 0 spiro atoms. The van der Waals surface area contributed by atoms with Crippen molar-refractivity contribution in [2.24, 2.45) is 5.92 Å². The molecule has 1 amide bonds. The second-order valence-corrected chi connectivity index (χ2v) is 6.78. The second-order valence-electron chi connectivity index (χ2n) is 6.78. The van der Waals surface area contributed by atoms with E-state index in [1.165, 1.54) is 12.1 Å². The van der Waals surface area contributed by atoms with E-state index in [4.69, 9.17) is 5.11 Å². The molecule has 6 nitrogen and oxygen atoms in total. The van der Waals surface area contributed by atoms with Crippen LogP contribution in [0.3, 0.4) is 0 Å². The molecule has 2 fully saturated rings. The molecule has 2 unspecified atom stereocenters. The van der Waals surface area contributed by atoms with Gasteiger partial charge in [0.25, 0.3) is 0 Å². The van der Waals surface area contributed by atoms with Gasteiger partial charge < -0.3 is 14.9 Å². The number of carboxylic acids is 1. The third kappa shape index (κ3) is 3.92. The van der Waals surface area contributed by atoms with Crippen LogP contribution < -0.4 is 4.90 Å². The van der Waals surface area contributed by atoms with Crippen molar-refractivity contribution >= 4 is 17.6 Å². The van der Waals surface area contributed by atoms with Crippen molar-refractivity contribution in [1.29, 1.82) is 0 Å². The third-order valence-corrected chi connectivity index (χ3v) is 5.26. The number of hydrogen-bond acceptors (Lipinski definition) is 4. The van der Waals surface area contributed by atoms with Crippen LogP contribution in [0.1, 0.15) is 13.3 Å². The Bertz CT molecular complexity index is 629. The molecule has 1 aromatic carbocycles. The number of nitrogens with zero attached hydrogens (tertiary/aromatic N) is 3. The van der Waals surface area contributed by atoms with Gasteiger partial charge in [0, 0.05) is 38.4 Å². The van der Waals surface area contributed by atoms with Crippen LogP contribution in [-0.4, -0.2) is 72.1 Å². The van der Waals surface area contributed by atoms with Gasteiger partial charge in [0.15, 0.2) is 0 Å². The number of carboxylic acid groups (broad SMARTS) is 1. The van der Waals surface area contributed by atoms with E-state index in [9.17, 15) is 14.0 Å². The van der Waals surface area contributed by atoms with Gasteiger partial charge in [-0.1, -0.05) is 0 Å². The highest BCUT2D eigenvalue weighted by Gasteiger charge is 2.35. The summed E-state index contributed by atoms with van der Waals surface area (Å²) in [6.45, 7) is 5.62. The minimum atomic E-state index is -0.782. The molecule has 2 aliphatic heterocycles. The van der Waals surface area contributed by atoms with Crippen LogP contribution in [0.4, 0.5) is 10.1 Å². The minimum absolute atomic E-state index is 0.0600. The molecular formula is C18H24FN3O3. The smallest absolute Gasteiger partial charge is 0.307 e. The van der Waals surface area contributed by atoms with Crippen LogP contribution in [0.15, 0.2) is 24.3 Å². The van der Waals surface area contributed by atoms with E-state index in [1.807, 2.05) is 16.7 Å². The van der Waals surface area contributed by atoms with Crippen molar-refractivity contribution in [3.05, 3.63) is 30.1 Å². The summed E-state index contributed by atoms with van der Waals surface area (Å²) in [5.41, 5.74) is 0.963. The monoisotopic (exact) mass is 349 g/mol. The molecule has 1 N–H and O–H groups in total. The number of carbonyl (C=O) groups excluding carboxylic acids is 1. The van der Waals surface area contributed by atoms with Crippen LogP contribution >= 0.6 is 0 Å². The largest absolute Gasteiger partial charge is 0.481 e. The van der Waals surface area contributed by atoms with Gasteiger partial charge in [-0.25, -0.2) is 4.39 Å². The standard InChI is InChI=1S/C18H24FN3O3/c1-13(22-7-6-14(12-22)18(24)25)17(23)21-10-8-20(9-11-21)16-4-2-15(19)3-5-16/h2-5,13-14H,6-12H2,1H3,(H,24,25). The third-order valence-electron chi connectivity index (χ3n) is 5.26. The highest BCUT2D eigenvalue weighted by Crippen LogP contribution is 2.21. The Morgan fingerprint density at radius 2 is 1.76 bits per heavy atom. The van der Waals surface area contributed by atoms with Crippen LogP contribution in [0.25, 0.3) is 0 Å². The first-order valence-electron chi connectivity index (χ1n) is 8.72. The summed E-state index contributed by atoms with van der Waals surface area (Å²) >= 11 is 0. The molecular weight excluding hydrogens is 325 g/mol. The molecule has 3 rings (SSSR count). The summed E-state index contributed by atoms with van der Waals surface area (Å²) in [7, 11) is 0. The van der Waals surface area contributed by atoms with Gasteiger partial charge in [-0.15, -0.1) is 0 Å². The summed E-state index contributed by atoms with van der Waals surface area (Å²) in [6, 6.07) is 6.11. The average molecular weight is 349 g/mol. The molecule has 0 radical (unpaired) electrons. The quantitative estimate of drug-likeness (QED) is 0.887. The van der Waals surface area contributed by atoms with Gasteiger partial charge >= 0.3 is 5.97 Å². The van der Waals surface area contributed by atoms with E-state index < -0.39 is 5.97 Å². The van der Waals surface area contributed by atoms with Gasteiger partial charge in [-0.05, 0) is 44.2 Å². The Hall–Kier alpha value is -2.15. The number of hydrogen-bond donors (Lipinski definition) is 1. The number of amides is 1. The molecule has 2 saturated heterocycles. The summed E-state index contributed by atoms with van der Waals surface area (Å²) in [4.78, 5) is 29.8. The van der Waals surface area contributed by atoms with Crippen LogP contribution in [-0.2, 0) is 9.59 Å². The van der Waals surface area contributed by atoms with Gasteiger partial charge in [0.05, 0.1) is 12.0 Å². The van der Waals surface area contributed by atoms with E-state index >= 15 is 0 Å². The van der Waals surface area contributed by atoms with E-state index in [1.54, 1.807) is 12.1 Å². The molecule has 2 atom stereocenters. The molecule has 25 heavy (non-hydrogen) atoms. The van der Waals surface area contributed by atoms with Crippen LogP contribution in [0.2, 0.25) is 0 Å². The van der Waals surface area contributed by atoms with Gasteiger partial charge in [-0.3, -0.25) is 14.5 Å². The Kier molecular flexibility index (Phi) is 5.22. The fraction of sp³-hybridized carbons (Fsp3) is 0.556. The first-order chi connectivity index (χ1) is 12.0. The van der Waals surface area contributed by atoms with Crippen molar-refractivity contribution < 1.29 is 19.1 Å². The summed E-state index contributed by atoms with van der Waals surface area (Å²) in [6.07, 6.45) is 0.602. The Labute approximate surface area is 146 Å². The van der Waals surface area contributed by atoms with Crippen molar-refractivity contribution in [3.63, 3.8) is 0 Å². The zero-order chi connectivity index (χ0) is 18.0. The van der Waals surface area contributed by atoms with Crippen molar-refractivity contribution in [2.75, 3.05) is 44.2 Å². The van der Waals surface area contributed by atoms with Gasteiger partial charge in [0.1, 0.15) is 5.82 Å². The van der Waals surface area contributed by atoms with Crippen molar-refractivity contribution in [2.45, 2.75) is 19.4 Å². The maximum absolute atomic E-state index is 13.0. The molecule has 1 aromatic rings. The lowest BCUT2D eigenvalue weighted by Crippen LogP contribution is -2.54. The number of benzene rings is 1. The zero-order valence-corrected chi connectivity index (χ0v) is 14.4. The Morgan fingerprint density at radius 3 is 2.32 bits per heavy atom. The zero-order valence-electron chi connectivity index (χ0n) is 14.4. The maximum atomic E-state index is 13.0. The number of rotatable bonds is 4. The fourth-order valence-electron chi connectivity index (χ4n) is 3.60. The van der Waals surface area contributed by atoms with E-state index in [0.717, 1.165) is 5.69 Å². The van der Waals surface area contributed by atoms with Crippen LogP contribution in [0, 0.1) is 11.7 Å². The fourth-order valence-corrected chi connectivity index (χ4v) is 3.60. The lowest BCUT2D eigenvalue weighted by molar-refractivity contribution is -0.142. The summed E-state index contributed by atoms with van der Waals surface area (Å²) in [5, 5.41) is 9.10. The molecule has 2 aliphatic rings. The number of likely N-dealkylation sites (tertiary alicyclic amines) is 1. The highest BCUT2D eigenvalue weighted by molar-refractivity contribution is 5.82. The molecule has 7 heteroatoms. The van der Waals surface area contributed by atoms with Gasteiger partial charge in [-0.2, -0.15) is 0 Å². The van der Waals surface area contributed by atoms with Gasteiger partial charge in [0.2, 0.25) is 5.91 Å². The number of carbonyl (C=O) groups is 2. The lowest BCUT2D eigenvalue weighted by Gasteiger charge is -2.38. The Morgan fingerprint density at radius 1 is 1.12 bits per heavy atom. The average Bonchev–Trinajstić information content (AvgIpc) is 3.12. The van der Waals surface area contributed by atoms with E-state index in [2.05, 4.69) is 4.90 Å². The highest BCUT2D eigenvalue weighted by atomic mass is 19.1. The first kappa shape index (κ1) is 17.7. The van der Waals surface area contributed by atoms with Crippen LogP contribution in [0.5, 0.6) is 0 Å². The van der Waals surface area contributed by atoms with E-state index in [0.29, 0.717) is 45.7 Å². The normalized spacial score (nSPS) is 22.9. The van der Waals surface area contributed by atoms with E-state index in [-0.39, 0.29) is 23.7 Å². The topological polar surface area (TPSA) is 64.1 Å².